The molecule has 0 amide bonds. The highest BCUT2D eigenvalue weighted by Gasteiger charge is 2.25. The Bertz CT molecular complexity index is 2900. The van der Waals surface area contributed by atoms with Crippen molar-refractivity contribution in [1.82, 2.24) is 4.98 Å². The topological polar surface area (TPSA) is 60.5 Å². The lowest BCUT2D eigenvalue weighted by Crippen LogP contribution is -1.92. The van der Waals surface area contributed by atoms with Gasteiger partial charge >= 0.3 is 0 Å². The molecule has 0 radical (unpaired) electrons. The van der Waals surface area contributed by atoms with Crippen LogP contribution in [-0.2, 0) is 0 Å². The first-order chi connectivity index (χ1) is 24.6. The van der Waals surface area contributed by atoms with Crippen LogP contribution in [0.2, 0.25) is 0 Å². The Kier molecular flexibility index (Phi) is 6.73. The van der Waals surface area contributed by atoms with Gasteiger partial charge in [-0.1, -0.05) is 97.6 Å². The number of benzene rings is 7. The van der Waals surface area contributed by atoms with Crippen molar-refractivity contribution in [3.05, 3.63) is 170 Å². The molecule has 0 unspecified atom stereocenters. The molecule has 7 aromatic carbocycles. The van der Waals surface area contributed by atoms with E-state index in [4.69, 9.17) is 5.26 Å². The highest BCUT2D eigenvalue weighted by molar-refractivity contribution is 6.26. The molecular formula is C47H27N3. The van der Waals surface area contributed by atoms with Crippen molar-refractivity contribution in [2.24, 2.45) is 0 Å². The summed E-state index contributed by atoms with van der Waals surface area (Å²) in [5.74, 6) is 0. The van der Waals surface area contributed by atoms with Gasteiger partial charge in [0.2, 0.25) is 0 Å². The maximum Gasteiger partial charge on any atom is 0.0991 e. The van der Waals surface area contributed by atoms with Gasteiger partial charge in [-0.05, 0) is 136 Å². The molecule has 1 heterocycles. The number of nitriles is 2. The second-order valence-electron chi connectivity index (χ2n) is 12.6. The maximum atomic E-state index is 9.73. The minimum Gasteiger partial charge on any atom is -0.256 e. The molecule has 1 aliphatic rings. The van der Waals surface area contributed by atoms with Gasteiger partial charge in [-0.15, -0.1) is 0 Å². The van der Waals surface area contributed by atoms with Crippen LogP contribution >= 0.6 is 0 Å². The molecule has 3 heteroatoms. The van der Waals surface area contributed by atoms with Crippen molar-refractivity contribution >= 4 is 48.7 Å². The zero-order valence-corrected chi connectivity index (χ0v) is 27.0. The zero-order valence-electron chi connectivity index (χ0n) is 27.0. The molecule has 0 aliphatic heterocycles. The molecule has 0 saturated heterocycles. The summed E-state index contributed by atoms with van der Waals surface area (Å²) in [7, 11) is 0. The number of pyridine rings is 1. The third-order valence-electron chi connectivity index (χ3n) is 9.90. The van der Waals surface area contributed by atoms with Crippen LogP contribution in [0.15, 0.2) is 158 Å². The van der Waals surface area contributed by atoms with Crippen LogP contribution < -0.4 is 0 Å². The van der Waals surface area contributed by atoms with Crippen LogP contribution in [0.3, 0.4) is 0 Å². The Labute approximate surface area is 289 Å². The molecule has 50 heavy (non-hydrogen) atoms. The van der Waals surface area contributed by atoms with Crippen molar-refractivity contribution in [3.63, 3.8) is 0 Å². The Morgan fingerprint density at radius 1 is 0.560 bits per heavy atom. The van der Waals surface area contributed by atoms with E-state index in [9.17, 15) is 5.26 Å². The van der Waals surface area contributed by atoms with E-state index in [2.05, 4.69) is 115 Å². The molecular weight excluding hydrogens is 607 g/mol. The van der Waals surface area contributed by atoms with Crippen molar-refractivity contribution in [1.29, 1.82) is 10.5 Å². The Hall–Kier alpha value is -7.07. The molecule has 9 rings (SSSR count). The quantitative estimate of drug-likeness (QED) is 0.108. The average Bonchev–Trinajstić information content (AvgIpc) is 3.49. The summed E-state index contributed by atoms with van der Waals surface area (Å²) in [6.45, 7) is 4.52. The predicted molar refractivity (Wildman–Crippen MR) is 207 cm³/mol. The number of aromatic nitrogens is 1. The van der Waals surface area contributed by atoms with E-state index in [1.807, 2.05) is 48.7 Å². The number of nitrogens with zero attached hydrogens (tertiary/aromatic N) is 3. The van der Waals surface area contributed by atoms with E-state index >= 15 is 0 Å². The third kappa shape index (κ3) is 4.46. The zero-order chi connectivity index (χ0) is 33.8. The van der Waals surface area contributed by atoms with Crippen molar-refractivity contribution in [3.8, 4) is 56.8 Å². The molecule has 0 bridgehead atoms. The summed E-state index contributed by atoms with van der Waals surface area (Å²) < 4.78 is 0. The van der Waals surface area contributed by atoms with E-state index in [0.29, 0.717) is 5.56 Å². The third-order valence-corrected chi connectivity index (χ3v) is 9.90. The van der Waals surface area contributed by atoms with Crippen LogP contribution in [0.25, 0.3) is 93.3 Å². The molecule has 1 aromatic heterocycles. The van der Waals surface area contributed by atoms with E-state index in [0.717, 1.165) is 65.8 Å². The summed E-state index contributed by atoms with van der Waals surface area (Å²) in [4.78, 5) is 4.69. The minimum absolute atomic E-state index is 0.633. The lowest BCUT2D eigenvalue weighted by Gasteiger charge is -2.17. The fourth-order valence-corrected chi connectivity index (χ4v) is 7.71. The van der Waals surface area contributed by atoms with Crippen LogP contribution in [0, 0.1) is 22.7 Å². The second kappa shape index (κ2) is 11.6. The largest absolute Gasteiger partial charge is 0.256 e. The van der Waals surface area contributed by atoms with Gasteiger partial charge in [0.25, 0.3) is 0 Å². The normalized spacial score (nSPS) is 11.9. The van der Waals surface area contributed by atoms with E-state index in [1.54, 1.807) is 6.08 Å². The number of rotatable bonds is 5. The van der Waals surface area contributed by atoms with Gasteiger partial charge in [0.05, 0.1) is 23.4 Å². The lowest BCUT2D eigenvalue weighted by molar-refractivity contribution is 1.33. The summed E-state index contributed by atoms with van der Waals surface area (Å²) in [5, 5.41) is 28.0. The van der Waals surface area contributed by atoms with Gasteiger partial charge in [-0.25, -0.2) is 0 Å². The van der Waals surface area contributed by atoms with Gasteiger partial charge in [-0.3, -0.25) is 4.98 Å². The first-order valence-corrected chi connectivity index (χ1v) is 16.5. The Morgan fingerprint density at radius 2 is 1.26 bits per heavy atom. The number of fused-ring (bicyclic) bond motifs is 8. The van der Waals surface area contributed by atoms with Crippen LogP contribution in [0.4, 0.5) is 0 Å². The van der Waals surface area contributed by atoms with Crippen LogP contribution in [0.5, 0.6) is 0 Å². The standard InChI is InChI=1S/C47H27N3/c1-29(11-3-2-7-21-48)38-24-40-33-15-5-4-14-32(33)39(31-13-9-12-30(23-31)28-49)25-44(40)45-27-41-36-17-10-16-35-34(46-18-6-8-22-50-46)19-20-37(47(35)36)42(41)26-43(38)45/h2-20,22-27H,1H2. The second-order valence-corrected chi connectivity index (χ2v) is 12.6. The van der Waals surface area contributed by atoms with Crippen LogP contribution in [0.1, 0.15) is 11.1 Å². The molecule has 0 spiro atoms. The summed E-state index contributed by atoms with van der Waals surface area (Å²) in [5.41, 5.74) is 11.5. The highest BCUT2D eigenvalue weighted by atomic mass is 14.7. The van der Waals surface area contributed by atoms with Gasteiger partial charge in [0.1, 0.15) is 0 Å². The summed E-state index contributed by atoms with van der Waals surface area (Å²) in [6, 6.07) is 47.1. The monoisotopic (exact) mass is 633 g/mol. The molecule has 3 nitrogen and oxygen atoms in total. The van der Waals surface area contributed by atoms with Crippen molar-refractivity contribution in [2.75, 3.05) is 0 Å². The molecule has 1 aliphatic carbocycles. The summed E-state index contributed by atoms with van der Waals surface area (Å²) >= 11 is 0. The summed E-state index contributed by atoms with van der Waals surface area (Å²) in [6.07, 6.45) is 8.88. The fourth-order valence-electron chi connectivity index (χ4n) is 7.71. The lowest BCUT2D eigenvalue weighted by atomic mass is 9.86. The fraction of sp³-hybridized carbons (Fsp3) is 0. The smallest absolute Gasteiger partial charge is 0.0991 e. The van der Waals surface area contributed by atoms with Crippen molar-refractivity contribution < 1.29 is 0 Å². The number of hydrogen-bond donors (Lipinski definition) is 0. The highest BCUT2D eigenvalue weighted by Crippen LogP contribution is 2.52. The SMILES string of the molecule is C=C(C=CC=CC#N)c1cc2c3ccccc3c(-c3cccc(C#N)c3)cc2c2cc3c(cc12)-c1ccc(-c2ccccn2)c2cccc-3c12. The van der Waals surface area contributed by atoms with Gasteiger partial charge in [0, 0.05) is 17.8 Å². The number of hydrogen-bond acceptors (Lipinski definition) is 3. The van der Waals surface area contributed by atoms with Crippen LogP contribution in [-0.4, -0.2) is 4.98 Å². The Balaban J connectivity index is 1.39. The molecule has 230 valence electrons. The molecule has 0 N–H and O–H groups in total. The minimum atomic E-state index is 0.633. The van der Waals surface area contributed by atoms with E-state index in [-0.39, 0.29) is 0 Å². The van der Waals surface area contributed by atoms with Gasteiger partial charge < -0.3 is 0 Å². The molecule has 0 saturated carbocycles. The van der Waals surface area contributed by atoms with Gasteiger partial charge in [0.15, 0.2) is 0 Å². The average molecular weight is 634 g/mol. The Morgan fingerprint density at radius 3 is 2.08 bits per heavy atom. The number of allylic oxidation sites excluding steroid dienone is 5. The maximum absolute atomic E-state index is 9.73. The molecule has 0 fully saturated rings. The first kappa shape index (κ1) is 29.1. The molecule has 0 atom stereocenters. The predicted octanol–water partition coefficient (Wildman–Crippen LogP) is 12.2. The van der Waals surface area contributed by atoms with E-state index in [1.165, 1.54) is 39.1 Å². The van der Waals surface area contributed by atoms with E-state index < -0.39 is 0 Å². The van der Waals surface area contributed by atoms with Crippen molar-refractivity contribution in [2.45, 2.75) is 0 Å². The first-order valence-electron chi connectivity index (χ1n) is 16.5. The van der Waals surface area contributed by atoms with Gasteiger partial charge in [-0.2, -0.15) is 10.5 Å². The molecule has 8 aromatic rings.